The Hall–Kier alpha value is -0.830. The van der Waals surface area contributed by atoms with Crippen molar-refractivity contribution in [3.05, 3.63) is 12.2 Å². The van der Waals surface area contributed by atoms with E-state index in [1.807, 2.05) is 0 Å². The first-order chi connectivity index (χ1) is 8.70. The molecule has 3 N–H and O–H groups in total. The molecular formula is C15H24N2O. The molecule has 0 heterocycles. The van der Waals surface area contributed by atoms with Crippen molar-refractivity contribution in [3.8, 4) is 0 Å². The molecule has 18 heavy (non-hydrogen) atoms. The van der Waals surface area contributed by atoms with E-state index in [0.29, 0.717) is 29.2 Å². The zero-order valence-electron chi connectivity index (χ0n) is 11.0. The lowest BCUT2D eigenvalue weighted by Gasteiger charge is -2.26. The average Bonchev–Trinajstić information content (AvgIpc) is 2.83. The topological polar surface area (TPSA) is 55.1 Å². The van der Waals surface area contributed by atoms with Crippen LogP contribution < -0.4 is 11.1 Å². The molecule has 0 aliphatic heterocycles. The van der Waals surface area contributed by atoms with Crippen LogP contribution in [0.4, 0.5) is 0 Å². The van der Waals surface area contributed by atoms with E-state index >= 15 is 0 Å². The number of nitrogens with two attached hydrogens (primary N) is 1. The summed E-state index contributed by atoms with van der Waals surface area (Å²) in [6.07, 6.45) is 12.3. The largest absolute Gasteiger partial charge is 0.356 e. The van der Waals surface area contributed by atoms with Crippen molar-refractivity contribution in [1.29, 1.82) is 0 Å². The number of rotatable bonds is 3. The molecule has 0 bridgehead atoms. The van der Waals surface area contributed by atoms with E-state index in [1.165, 1.54) is 0 Å². The van der Waals surface area contributed by atoms with E-state index < -0.39 is 0 Å². The number of hydrogen-bond acceptors (Lipinski definition) is 2. The third kappa shape index (κ3) is 2.33. The van der Waals surface area contributed by atoms with Crippen molar-refractivity contribution in [1.82, 2.24) is 5.32 Å². The summed E-state index contributed by atoms with van der Waals surface area (Å²) in [4.78, 5) is 12.2. The zero-order chi connectivity index (χ0) is 12.6. The Morgan fingerprint density at radius 2 is 1.94 bits per heavy atom. The summed E-state index contributed by atoms with van der Waals surface area (Å²) in [5.74, 6) is 1.24. The van der Waals surface area contributed by atoms with E-state index in [2.05, 4.69) is 17.5 Å². The average molecular weight is 248 g/mol. The minimum atomic E-state index is 0.291. The van der Waals surface area contributed by atoms with Crippen molar-refractivity contribution in [2.75, 3.05) is 6.54 Å². The fourth-order valence-corrected chi connectivity index (χ4v) is 3.69. The van der Waals surface area contributed by atoms with Crippen LogP contribution in [0.5, 0.6) is 0 Å². The molecule has 0 saturated heterocycles. The van der Waals surface area contributed by atoms with Crippen LogP contribution >= 0.6 is 0 Å². The van der Waals surface area contributed by atoms with Crippen molar-refractivity contribution >= 4 is 5.91 Å². The molecule has 0 aromatic heterocycles. The van der Waals surface area contributed by atoms with Crippen molar-refractivity contribution in [2.24, 2.45) is 23.0 Å². The molecule has 1 spiro atoms. The van der Waals surface area contributed by atoms with Gasteiger partial charge in [0.15, 0.2) is 0 Å². The molecule has 3 heteroatoms. The van der Waals surface area contributed by atoms with Gasteiger partial charge in [0.05, 0.1) is 0 Å². The molecule has 3 nitrogen and oxygen atoms in total. The smallest absolute Gasteiger partial charge is 0.223 e. The molecule has 3 aliphatic carbocycles. The summed E-state index contributed by atoms with van der Waals surface area (Å²) >= 11 is 0. The minimum absolute atomic E-state index is 0.291. The quantitative estimate of drug-likeness (QED) is 0.750. The van der Waals surface area contributed by atoms with Crippen molar-refractivity contribution < 1.29 is 4.79 Å². The number of nitrogens with one attached hydrogen (secondary N) is 1. The summed E-state index contributed by atoms with van der Waals surface area (Å²) in [5.41, 5.74) is 6.28. The van der Waals surface area contributed by atoms with Crippen LogP contribution in [0.1, 0.15) is 44.9 Å². The van der Waals surface area contributed by atoms with Gasteiger partial charge in [0.25, 0.3) is 0 Å². The van der Waals surface area contributed by atoms with E-state index in [1.54, 1.807) is 0 Å². The number of hydrogen-bond donors (Lipinski definition) is 2. The van der Waals surface area contributed by atoms with Crippen LogP contribution in [-0.4, -0.2) is 18.5 Å². The predicted molar refractivity (Wildman–Crippen MR) is 71.9 cm³/mol. The second-order valence-electron chi connectivity index (χ2n) is 6.51. The van der Waals surface area contributed by atoms with Gasteiger partial charge in [-0.15, -0.1) is 0 Å². The first kappa shape index (κ1) is 12.2. The Kier molecular flexibility index (Phi) is 3.18. The Morgan fingerprint density at radius 1 is 1.28 bits per heavy atom. The Bertz CT molecular complexity index is 348. The molecule has 1 amide bonds. The predicted octanol–water partition coefficient (Wildman–Crippen LogP) is 1.98. The van der Waals surface area contributed by atoms with E-state index in [9.17, 15) is 4.79 Å². The highest BCUT2D eigenvalue weighted by Crippen LogP contribution is 2.61. The second-order valence-corrected chi connectivity index (χ2v) is 6.51. The minimum Gasteiger partial charge on any atom is -0.356 e. The summed E-state index contributed by atoms with van der Waals surface area (Å²) < 4.78 is 0. The highest BCUT2D eigenvalue weighted by Gasteiger charge is 2.58. The normalized spacial score (nSPS) is 39.2. The fourth-order valence-electron chi connectivity index (χ4n) is 3.69. The van der Waals surface area contributed by atoms with Crippen molar-refractivity contribution in [2.45, 2.75) is 51.0 Å². The summed E-state index contributed by atoms with van der Waals surface area (Å²) in [6.45, 7) is 0.859. The number of amides is 1. The molecule has 1 unspecified atom stereocenters. The lowest BCUT2D eigenvalue weighted by Crippen LogP contribution is -2.33. The van der Waals surface area contributed by atoms with Gasteiger partial charge >= 0.3 is 0 Å². The molecule has 0 aromatic carbocycles. The lowest BCUT2D eigenvalue weighted by molar-refractivity contribution is -0.123. The maximum absolute atomic E-state index is 12.2. The molecule has 2 saturated carbocycles. The van der Waals surface area contributed by atoms with Gasteiger partial charge < -0.3 is 11.1 Å². The van der Waals surface area contributed by atoms with Gasteiger partial charge in [-0.3, -0.25) is 4.79 Å². The SMILES string of the molecule is NC1CCC2(CC1)CC2C(=O)NCC1CC=CC1. The van der Waals surface area contributed by atoms with Gasteiger partial charge in [-0.1, -0.05) is 12.2 Å². The molecule has 0 aromatic rings. The summed E-state index contributed by atoms with van der Waals surface area (Å²) in [6, 6.07) is 0.379. The zero-order valence-corrected chi connectivity index (χ0v) is 11.0. The van der Waals surface area contributed by atoms with E-state index in [-0.39, 0.29) is 0 Å². The summed E-state index contributed by atoms with van der Waals surface area (Å²) in [7, 11) is 0. The van der Waals surface area contributed by atoms with Crippen LogP contribution in [0.3, 0.4) is 0 Å². The number of allylic oxidation sites excluding steroid dienone is 2. The molecule has 2 fully saturated rings. The fraction of sp³-hybridized carbons (Fsp3) is 0.800. The van der Waals surface area contributed by atoms with E-state index in [4.69, 9.17) is 5.73 Å². The highest BCUT2D eigenvalue weighted by atomic mass is 16.2. The van der Waals surface area contributed by atoms with Crippen LogP contribution in [-0.2, 0) is 4.79 Å². The second kappa shape index (κ2) is 4.69. The maximum atomic E-state index is 12.2. The Balaban J connectivity index is 1.44. The molecular weight excluding hydrogens is 224 g/mol. The van der Waals surface area contributed by atoms with Gasteiger partial charge in [0, 0.05) is 18.5 Å². The maximum Gasteiger partial charge on any atom is 0.223 e. The highest BCUT2D eigenvalue weighted by molar-refractivity contribution is 5.82. The van der Waals surface area contributed by atoms with Crippen LogP contribution in [0.15, 0.2) is 12.2 Å². The van der Waals surface area contributed by atoms with Gasteiger partial charge in [-0.25, -0.2) is 0 Å². The monoisotopic (exact) mass is 248 g/mol. The molecule has 3 aliphatic rings. The molecule has 100 valence electrons. The number of carbonyl (C=O) groups is 1. The first-order valence-corrected chi connectivity index (χ1v) is 7.38. The van der Waals surface area contributed by atoms with Crippen LogP contribution in [0.2, 0.25) is 0 Å². The van der Waals surface area contributed by atoms with Gasteiger partial charge in [0.1, 0.15) is 0 Å². The van der Waals surface area contributed by atoms with Gasteiger partial charge in [0.2, 0.25) is 5.91 Å². The molecule has 0 radical (unpaired) electrons. The molecule has 3 rings (SSSR count). The summed E-state index contributed by atoms with van der Waals surface area (Å²) in [5, 5.41) is 3.16. The van der Waals surface area contributed by atoms with Crippen LogP contribution in [0, 0.1) is 17.3 Å². The molecule has 1 atom stereocenters. The van der Waals surface area contributed by atoms with Gasteiger partial charge in [-0.2, -0.15) is 0 Å². The lowest BCUT2D eigenvalue weighted by atomic mass is 9.82. The van der Waals surface area contributed by atoms with Gasteiger partial charge in [-0.05, 0) is 56.3 Å². The van der Waals surface area contributed by atoms with Crippen molar-refractivity contribution in [3.63, 3.8) is 0 Å². The third-order valence-corrected chi connectivity index (χ3v) is 5.20. The Morgan fingerprint density at radius 3 is 2.61 bits per heavy atom. The Labute approximate surface area is 109 Å². The van der Waals surface area contributed by atoms with Crippen LogP contribution in [0.25, 0.3) is 0 Å². The number of carbonyl (C=O) groups excluding carboxylic acids is 1. The van der Waals surface area contributed by atoms with E-state index in [0.717, 1.165) is 51.5 Å². The third-order valence-electron chi connectivity index (χ3n) is 5.20. The first-order valence-electron chi connectivity index (χ1n) is 7.38. The standard InChI is InChI=1S/C15H24N2O/c16-12-5-7-15(8-6-12)9-13(15)14(18)17-10-11-3-1-2-4-11/h1-2,11-13H,3-10,16H2,(H,17,18).